The summed E-state index contributed by atoms with van der Waals surface area (Å²) in [6.07, 6.45) is 2.50. The van der Waals surface area contributed by atoms with E-state index >= 15 is 0 Å². The normalized spacial score (nSPS) is 22.5. The van der Waals surface area contributed by atoms with E-state index in [9.17, 15) is 9.18 Å². The molecule has 1 aromatic heterocycles. The minimum atomic E-state index is -0.462. The standard InChI is InChI=1S/C28H32FN2O3S.BrH/c1-33-23-10-8-21(9-11-23)12-15-31-16-13-22(14-17-31)27(20-31)34-28(32)30(19-24-5-4-18-35-24)26-7-3-2-6-25(26)29;/h2-11,18,22,27H,12-17,19-20H2,1H3;1H/q+1;/p-1/t22?,27-,31?;/m0./s1. The summed E-state index contributed by atoms with van der Waals surface area (Å²) in [4.78, 5) is 15.9. The number of hydrogen-bond donors (Lipinski definition) is 0. The molecule has 6 rings (SSSR count). The number of anilines is 1. The molecule has 0 saturated carbocycles. The number of ether oxygens (including phenoxy) is 2. The SMILES string of the molecule is COc1ccc(CC[N+]23CCC(CC2)[C@@H](OC(=O)N(Cc2cccs2)c2ccccc2F)C3)cc1.[Br-]. The second-order valence-corrected chi connectivity index (χ2v) is 10.7. The molecule has 3 fully saturated rings. The molecule has 8 heteroatoms. The van der Waals surface area contributed by atoms with Gasteiger partial charge in [0, 0.05) is 30.1 Å². The molecule has 3 aliphatic heterocycles. The van der Waals surface area contributed by atoms with Gasteiger partial charge in [-0.3, -0.25) is 4.90 Å². The summed E-state index contributed by atoms with van der Waals surface area (Å²) in [7, 11) is 1.68. The van der Waals surface area contributed by atoms with Gasteiger partial charge >= 0.3 is 6.09 Å². The van der Waals surface area contributed by atoms with Gasteiger partial charge in [-0.05, 0) is 41.3 Å². The van der Waals surface area contributed by atoms with Crippen LogP contribution in [0.3, 0.4) is 0 Å². The lowest BCUT2D eigenvalue weighted by atomic mass is 9.83. The Hall–Kier alpha value is -2.42. The first-order chi connectivity index (χ1) is 17.0. The molecule has 0 aliphatic carbocycles. The molecule has 0 N–H and O–H groups in total. The van der Waals surface area contributed by atoms with Crippen molar-refractivity contribution in [2.75, 3.05) is 38.2 Å². The Kier molecular flexibility index (Phi) is 8.70. The van der Waals surface area contributed by atoms with Gasteiger partial charge in [-0.15, -0.1) is 11.3 Å². The van der Waals surface area contributed by atoms with Crippen LogP contribution in [0.4, 0.5) is 14.9 Å². The zero-order valence-electron chi connectivity index (χ0n) is 20.4. The average molecular weight is 576 g/mol. The molecule has 5 nitrogen and oxygen atoms in total. The van der Waals surface area contributed by atoms with Gasteiger partial charge in [0.1, 0.15) is 18.1 Å². The number of amides is 1. The largest absolute Gasteiger partial charge is 1.00 e. The summed E-state index contributed by atoms with van der Waals surface area (Å²) in [5, 5.41) is 1.96. The highest BCUT2D eigenvalue weighted by atomic mass is 79.9. The van der Waals surface area contributed by atoms with Gasteiger partial charge in [0.15, 0.2) is 6.10 Å². The van der Waals surface area contributed by atoms with Crippen molar-refractivity contribution in [3.8, 4) is 5.75 Å². The Labute approximate surface area is 226 Å². The number of benzene rings is 2. The third-order valence-corrected chi connectivity index (χ3v) is 8.45. The molecule has 192 valence electrons. The van der Waals surface area contributed by atoms with Crippen LogP contribution in [0.2, 0.25) is 0 Å². The van der Waals surface area contributed by atoms with E-state index in [1.807, 2.05) is 29.6 Å². The van der Waals surface area contributed by atoms with E-state index in [1.165, 1.54) is 16.5 Å². The number of piperidine rings is 3. The minimum Gasteiger partial charge on any atom is -1.00 e. The maximum atomic E-state index is 14.7. The van der Waals surface area contributed by atoms with Gasteiger partial charge < -0.3 is 30.9 Å². The number of rotatable bonds is 8. The number of hydrogen-bond acceptors (Lipinski definition) is 4. The van der Waals surface area contributed by atoms with Gasteiger partial charge in [-0.2, -0.15) is 0 Å². The predicted octanol–water partition coefficient (Wildman–Crippen LogP) is 2.89. The fourth-order valence-corrected chi connectivity index (χ4v) is 6.19. The van der Waals surface area contributed by atoms with Crippen molar-refractivity contribution in [3.05, 3.63) is 82.3 Å². The Morgan fingerprint density at radius 2 is 1.83 bits per heavy atom. The van der Waals surface area contributed by atoms with Crippen LogP contribution in [0.5, 0.6) is 5.75 Å². The zero-order valence-corrected chi connectivity index (χ0v) is 22.8. The van der Waals surface area contributed by atoms with Crippen LogP contribution in [0.15, 0.2) is 66.0 Å². The molecule has 0 spiro atoms. The van der Waals surface area contributed by atoms with Gasteiger partial charge in [-0.25, -0.2) is 9.18 Å². The Morgan fingerprint density at radius 1 is 1.08 bits per heavy atom. The van der Waals surface area contributed by atoms with Crippen LogP contribution in [-0.4, -0.2) is 50.0 Å². The van der Waals surface area contributed by atoms with Crippen LogP contribution >= 0.6 is 11.3 Å². The first kappa shape index (κ1) is 26.6. The molecule has 0 radical (unpaired) electrons. The molecule has 4 heterocycles. The van der Waals surface area contributed by atoms with Crippen LogP contribution in [0.1, 0.15) is 23.3 Å². The Morgan fingerprint density at radius 3 is 2.50 bits per heavy atom. The molecule has 2 aromatic carbocycles. The third kappa shape index (κ3) is 5.93. The van der Waals surface area contributed by atoms with Crippen molar-refractivity contribution >= 4 is 23.1 Å². The number of carbonyl (C=O) groups excluding carboxylic acids is 1. The van der Waals surface area contributed by atoms with Crippen molar-refractivity contribution in [1.29, 1.82) is 0 Å². The number of para-hydroxylation sites is 1. The molecule has 3 aromatic rings. The number of carbonyl (C=O) groups is 1. The van der Waals surface area contributed by atoms with E-state index in [1.54, 1.807) is 36.6 Å². The minimum absolute atomic E-state index is 0. The Bertz CT molecular complexity index is 1130. The fourth-order valence-electron chi connectivity index (χ4n) is 5.50. The highest BCUT2D eigenvalue weighted by molar-refractivity contribution is 7.09. The van der Waals surface area contributed by atoms with Crippen LogP contribution in [0, 0.1) is 11.7 Å². The van der Waals surface area contributed by atoms with Gasteiger partial charge in [-0.1, -0.05) is 30.3 Å². The first-order valence-electron chi connectivity index (χ1n) is 12.3. The zero-order chi connectivity index (χ0) is 24.3. The van der Waals surface area contributed by atoms with Crippen LogP contribution < -0.4 is 26.6 Å². The molecule has 1 atom stereocenters. The number of quaternary nitrogens is 1. The van der Waals surface area contributed by atoms with E-state index in [4.69, 9.17) is 9.47 Å². The third-order valence-electron chi connectivity index (χ3n) is 7.59. The first-order valence-corrected chi connectivity index (χ1v) is 13.2. The van der Waals surface area contributed by atoms with E-state index in [2.05, 4.69) is 12.1 Å². The molecular formula is C28H32BrFN2O3S. The van der Waals surface area contributed by atoms with Crippen LogP contribution in [0.25, 0.3) is 0 Å². The average Bonchev–Trinajstić information content (AvgIpc) is 3.41. The van der Waals surface area contributed by atoms with Crippen molar-refractivity contribution < 1.29 is 40.1 Å². The van der Waals surface area contributed by atoms with E-state index in [0.29, 0.717) is 12.5 Å². The highest BCUT2D eigenvalue weighted by Crippen LogP contribution is 2.36. The highest BCUT2D eigenvalue weighted by Gasteiger charge is 2.47. The number of nitrogens with zero attached hydrogens (tertiary/aromatic N) is 2. The lowest BCUT2D eigenvalue weighted by Gasteiger charge is -2.52. The lowest BCUT2D eigenvalue weighted by Crippen LogP contribution is -3.00. The van der Waals surface area contributed by atoms with Crippen molar-refractivity contribution in [3.63, 3.8) is 0 Å². The second kappa shape index (κ2) is 11.8. The van der Waals surface area contributed by atoms with E-state index in [0.717, 1.165) is 60.6 Å². The smallest absolute Gasteiger partial charge is 0.415 e. The monoisotopic (exact) mass is 574 g/mol. The topological polar surface area (TPSA) is 38.8 Å². The summed E-state index contributed by atoms with van der Waals surface area (Å²) in [6.45, 7) is 4.41. The van der Waals surface area contributed by atoms with Crippen molar-refractivity contribution in [1.82, 2.24) is 0 Å². The van der Waals surface area contributed by atoms with Crippen LogP contribution in [-0.2, 0) is 17.7 Å². The quantitative estimate of drug-likeness (QED) is 0.388. The van der Waals surface area contributed by atoms with Crippen molar-refractivity contribution in [2.24, 2.45) is 5.92 Å². The molecule has 0 unspecified atom stereocenters. The summed E-state index contributed by atoms with van der Waals surface area (Å²) in [5.74, 6) is 0.829. The summed E-state index contributed by atoms with van der Waals surface area (Å²) in [6, 6.07) is 18.6. The molecule has 3 saturated heterocycles. The number of halogens is 2. The summed E-state index contributed by atoms with van der Waals surface area (Å²) in [5.41, 5.74) is 1.55. The maximum Gasteiger partial charge on any atom is 0.415 e. The van der Waals surface area contributed by atoms with E-state index < -0.39 is 11.9 Å². The number of thiophene rings is 1. The molecule has 3 aliphatic rings. The predicted molar refractivity (Wildman–Crippen MR) is 136 cm³/mol. The summed E-state index contributed by atoms with van der Waals surface area (Å²) >= 11 is 1.55. The summed E-state index contributed by atoms with van der Waals surface area (Å²) < 4.78 is 27.1. The molecule has 36 heavy (non-hydrogen) atoms. The van der Waals surface area contributed by atoms with Gasteiger partial charge in [0.05, 0.1) is 39.0 Å². The molecular weight excluding hydrogens is 543 g/mol. The lowest BCUT2D eigenvalue weighted by molar-refractivity contribution is -0.945. The second-order valence-electron chi connectivity index (χ2n) is 9.67. The van der Waals surface area contributed by atoms with E-state index in [-0.39, 0.29) is 28.8 Å². The van der Waals surface area contributed by atoms with Gasteiger partial charge in [0.25, 0.3) is 0 Å². The van der Waals surface area contributed by atoms with Crippen molar-refractivity contribution in [2.45, 2.75) is 31.9 Å². The molecule has 2 bridgehead atoms. The molecule has 1 amide bonds. The number of fused-ring (bicyclic) bond motifs is 3. The maximum absolute atomic E-state index is 14.7. The number of methoxy groups -OCH3 is 1. The fraction of sp³-hybridized carbons (Fsp3) is 0.393. The van der Waals surface area contributed by atoms with Gasteiger partial charge in [0.2, 0.25) is 0 Å². The Balaban J connectivity index is 0.00000304.